The monoisotopic (exact) mass is 246 g/mol. The Hall–Kier alpha value is -1.15. The standard InChI is InChI=1S/C16H22O2/c1-12-6-7-14(11-13(12)2)16(17)9-8-15-5-3-4-10-18-15/h6-7,11,15H,3-5,8-10H2,1-2H3. The molecule has 1 aliphatic rings. The lowest BCUT2D eigenvalue weighted by atomic mass is 9.98. The van der Waals surface area contributed by atoms with Crippen LogP contribution in [0, 0.1) is 13.8 Å². The molecule has 0 radical (unpaired) electrons. The van der Waals surface area contributed by atoms with Gasteiger partial charge in [0.25, 0.3) is 0 Å². The van der Waals surface area contributed by atoms with Crippen molar-refractivity contribution in [2.45, 2.75) is 52.1 Å². The number of rotatable bonds is 4. The normalized spacial score (nSPS) is 19.8. The summed E-state index contributed by atoms with van der Waals surface area (Å²) in [5.74, 6) is 0.243. The number of aryl methyl sites for hydroxylation is 2. The summed E-state index contributed by atoms with van der Waals surface area (Å²) in [6, 6.07) is 5.96. The van der Waals surface area contributed by atoms with Crippen molar-refractivity contribution in [2.24, 2.45) is 0 Å². The third-order valence-corrected chi connectivity index (χ3v) is 3.80. The van der Waals surface area contributed by atoms with Crippen LogP contribution in [0.3, 0.4) is 0 Å². The fraction of sp³-hybridized carbons (Fsp3) is 0.562. The van der Waals surface area contributed by atoms with Crippen molar-refractivity contribution in [3.8, 4) is 0 Å². The second-order valence-corrected chi connectivity index (χ2v) is 5.25. The predicted octanol–water partition coefficient (Wildman–Crippen LogP) is 3.84. The van der Waals surface area contributed by atoms with Crippen LogP contribution in [-0.4, -0.2) is 18.5 Å². The number of benzene rings is 1. The Balaban J connectivity index is 1.88. The van der Waals surface area contributed by atoms with E-state index in [1.807, 2.05) is 18.2 Å². The van der Waals surface area contributed by atoms with Crippen LogP contribution in [0.4, 0.5) is 0 Å². The molecule has 1 atom stereocenters. The van der Waals surface area contributed by atoms with Crippen LogP contribution in [0.5, 0.6) is 0 Å². The van der Waals surface area contributed by atoms with Gasteiger partial charge in [-0.25, -0.2) is 0 Å². The van der Waals surface area contributed by atoms with Crippen LogP contribution in [0.1, 0.15) is 53.6 Å². The maximum Gasteiger partial charge on any atom is 0.162 e. The third kappa shape index (κ3) is 3.42. The van der Waals surface area contributed by atoms with E-state index in [2.05, 4.69) is 13.8 Å². The molecule has 1 aromatic carbocycles. The highest BCUT2D eigenvalue weighted by Crippen LogP contribution is 2.19. The fourth-order valence-corrected chi connectivity index (χ4v) is 2.39. The summed E-state index contributed by atoms with van der Waals surface area (Å²) in [4.78, 5) is 12.1. The van der Waals surface area contributed by atoms with Gasteiger partial charge < -0.3 is 4.74 Å². The molecule has 1 aliphatic heterocycles. The SMILES string of the molecule is Cc1ccc(C(=O)CCC2CCCCO2)cc1C. The van der Waals surface area contributed by atoms with Gasteiger partial charge in [0.2, 0.25) is 0 Å². The molecule has 2 nitrogen and oxygen atoms in total. The first-order valence-electron chi connectivity index (χ1n) is 6.89. The largest absolute Gasteiger partial charge is 0.378 e. The quantitative estimate of drug-likeness (QED) is 0.755. The minimum Gasteiger partial charge on any atom is -0.378 e. The van der Waals surface area contributed by atoms with E-state index in [9.17, 15) is 4.79 Å². The van der Waals surface area contributed by atoms with Crippen LogP contribution in [0.15, 0.2) is 18.2 Å². The second kappa shape index (κ2) is 6.14. The molecular formula is C16H22O2. The number of ketones is 1. The summed E-state index contributed by atoms with van der Waals surface area (Å²) in [6.45, 7) is 4.98. The predicted molar refractivity (Wildman–Crippen MR) is 73.1 cm³/mol. The summed E-state index contributed by atoms with van der Waals surface area (Å²) in [6.07, 6.45) is 5.29. The Morgan fingerprint density at radius 3 is 2.78 bits per heavy atom. The van der Waals surface area contributed by atoms with E-state index in [-0.39, 0.29) is 5.78 Å². The first kappa shape index (κ1) is 13.3. The molecule has 1 heterocycles. The topological polar surface area (TPSA) is 26.3 Å². The summed E-state index contributed by atoms with van der Waals surface area (Å²) in [7, 11) is 0. The molecule has 0 aromatic heterocycles. The lowest BCUT2D eigenvalue weighted by molar-refractivity contribution is 0.0104. The van der Waals surface area contributed by atoms with Crippen molar-refractivity contribution in [2.75, 3.05) is 6.61 Å². The van der Waals surface area contributed by atoms with E-state index < -0.39 is 0 Å². The molecule has 98 valence electrons. The average Bonchev–Trinajstić information content (AvgIpc) is 2.40. The molecule has 2 rings (SSSR count). The molecule has 0 N–H and O–H groups in total. The van der Waals surface area contributed by atoms with E-state index >= 15 is 0 Å². The zero-order chi connectivity index (χ0) is 13.0. The maximum absolute atomic E-state index is 12.1. The van der Waals surface area contributed by atoms with Crippen molar-refractivity contribution < 1.29 is 9.53 Å². The van der Waals surface area contributed by atoms with Gasteiger partial charge in [-0.3, -0.25) is 4.79 Å². The molecule has 0 spiro atoms. The highest BCUT2D eigenvalue weighted by atomic mass is 16.5. The van der Waals surface area contributed by atoms with Crippen molar-refractivity contribution in [1.82, 2.24) is 0 Å². The summed E-state index contributed by atoms with van der Waals surface area (Å²) < 4.78 is 5.65. The van der Waals surface area contributed by atoms with Crippen molar-refractivity contribution in [3.63, 3.8) is 0 Å². The van der Waals surface area contributed by atoms with Crippen LogP contribution in [0.25, 0.3) is 0 Å². The van der Waals surface area contributed by atoms with Gasteiger partial charge in [-0.2, -0.15) is 0 Å². The molecule has 0 saturated carbocycles. The van der Waals surface area contributed by atoms with Gasteiger partial charge in [0.05, 0.1) is 6.10 Å². The van der Waals surface area contributed by atoms with Gasteiger partial charge in [0, 0.05) is 18.6 Å². The Kier molecular flexibility index (Phi) is 4.54. The second-order valence-electron chi connectivity index (χ2n) is 5.25. The number of hydrogen-bond donors (Lipinski definition) is 0. The van der Waals surface area contributed by atoms with E-state index in [1.54, 1.807) is 0 Å². The molecule has 1 aromatic rings. The van der Waals surface area contributed by atoms with Gasteiger partial charge in [-0.15, -0.1) is 0 Å². The van der Waals surface area contributed by atoms with Crippen LogP contribution in [0.2, 0.25) is 0 Å². The highest BCUT2D eigenvalue weighted by molar-refractivity contribution is 5.96. The molecule has 2 heteroatoms. The third-order valence-electron chi connectivity index (χ3n) is 3.80. The summed E-state index contributed by atoms with van der Waals surface area (Å²) in [5.41, 5.74) is 3.27. The van der Waals surface area contributed by atoms with Gasteiger partial charge in [-0.1, -0.05) is 12.1 Å². The van der Waals surface area contributed by atoms with Gasteiger partial charge >= 0.3 is 0 Å². The van der Waals surface area contributed by atoms with Crippen LogP contribution in [-0.2, 0) is 4.74 Å². The molecule has 0 amide bonds. The van der Waals surface area contributed by atoms with Crippen molar-refractivity contribution >= 4 is 5.78 Å². The van der Waals surface area contributed by atoms with Gasteiger partial charge in [0.1, 0.15) is 0 Å². The molecule has 0 bridgehead atoms. The van der Waals surface area contributed by atoms with Gasteiger partial charge in [0.15, 0.2) is 5.78 Å². The van der Waals surface area contributed by atoms with E-state index in [0.717, 1.165) is 25.0 Å². The molecular weight excluding hydrogens is 224 g/mol. The first-order valence-corrected chi connectivity index (χ1v) is 6.89. The molecule has 1 fully saturated rings. The average molecular weight is 246 g/mol. The van der Waals surface area contributed by atoms with Crippen molar-refractivity contribution in [3.05, 3.63) is 34.9 Å². The number of carbonyl (C=O) groups is 1. The van der Waals surface area contributed by atoms with E-state index in [4.69, 9.17) is 4.74 Å². The van der Waals surface area contributed by atoms with Crippen LogP contribution >= 0.6 is 0 Å². The van der Waals surface area contributed by atoms with Crippen LogP contribution < -0.4 is 0 Å². The Labute approximate surface area is 109 Å². The number of ether oxygens (including phenoxy) is 1. The zero-order valence-electron chi connectivity index (χ0n) is 11.4. The minimum absolute atomic E-state index is 0.243. The van der Waals surface area contributed by atoms with Crippen molar-refractivity contribution in [1.29, 1.82) is 0 Å². The van der Waals surface area contributed by atoms with E-state index in [1.165, 1.54) is 24.0 Å². The lowest BCUT2D eigenvalue weighted by Gasteiger charge is -2.22. The number of Topliss-reactive ketones (excluding diaryl/α,β-unsaturated/α-hetero) is 1. The Bertz CT molecular complexity index is 417. The molecule has 1 unspecified atom stereocenters. The van der Waals surface area contributed by atoms with E-state index in [0.29, 0.717) is 12.5 Å². The fourth-order valence-electron chi connectivity index (χ4n) is 2.39. The first-order chi connectivity index (χ1) is 8.66. The zero-order valence-corrected chi connectivity index (χ0v) is 11.4. The smallest absolute Gasteiger partial charge is 0.162 e. The molecule has 18 heavy (non-hydrogen) atoms. The number of carbonyl (C=O) groups excluding carboxylic acids is 1. The maximum atomic E-state index is 12.1. The molecule has 0 aliphatic carbocycles. The lowest BCUT2D eigenvalue weighted by Crippen LogP contribution is -2.20. The summed E-state index contributed by atoms with van der Waals surface area (Å²) >= 11 is 0. The highest BCUT2D eigenvalue weighted by Gasteiger charge is 2.16. The minimum atomic E-state index is 0.243. The van der Waals surface area contributed by atoms with Gasteiger partial charge in [-0.05, 0) is 56.7 Å². The molecule has 1 saturated heterocycles. The summed E-state index contributed by atoms with van der Waals surface area (Å²) in [5, 5.41) is 0. The number of hydrogen-bond acceptors (Lipinski definition) is 2. The Morgan fingerprint density at radius 2 is 2.11 bits per heavy atom. The Morgan fingerprint density at radius 1 is 1.28 bits per heavy atom.